The number of aromatic nitrogens is 2. The largest absolute Gasteiger partial charge is 0.507 e. The van der Waals surface area contributed by atoms with E-state index in [1.54, 1.807) is 18.2 Å². The smallest absolute Gasteiger partial charge is 0.142 e. The van der Waals surface area contributed by atoms with Crippen molar-refractivity contribution in [2.45, 2.75) is 0 Å². The van der Waals surface area contributed by atoms with Gasteiger partial charge in [-0.05, 0) is 40.2 Å². The number of imidazole rings is 1. The standard InChI is InChI=1S/C13H7BrClFN2O/c14-8-4-10-11(5-9(8)16)18-13(17-10)7-2-1-6(15)3-12(7)19/h1-5,19H,(H,17,18). The van der Waals surface area contributed by atoms with Crippen molar-refractivity contribution in [3.63, 3.8) is 0 Å². The molecular formula is C13H7BrClFN2O. The van der Waals surface area contributed by atoms with Crippen molar-refractivity contribution in [3.05, 3.63) is 45.6 Å². The fourth-order valence-electron chi connectivity index (χ4n) is 1.84. The van der Waals surface area contributed by atoms with Gasteiger partial charge in [-0.2, -0.15) is 0 Å². The number of phenols is 1. The van der Waals surface area contributed by atoms with Gasteiger partial charge in [0.05, 0.1) is 21.1 Å². The molecule has 6 heteroatoms. The van der Waals surface area contributed by atoms with Gasteiger partial charge in [0, 0.05) is 11.1 Å². The van der Waals surface area contributed by atoms with E-state index in [0.29, 0.717) is 31.9 Å². The Morgan fingerprint density at radius 2 is 2.05 bits per heavy atom. The van der Waals surface area contributed by atoms with Crippen molar-refractivity contribution in [1.82, 2.24) is 9.97 Å². The zero-order chi connectivity index (χ0) is 13.6. The summed E-state index contributed by atoms with van der Waals surface area (Å²) in [6.07, 6.45) is 0. The second-order valence-corrected chi connectivity index (χ2v) is 5.32. The van der Waals surface area contributed by atoms with Crippen LogP contribution in [0.2, 0.25) is 5.02 Å². The molecule has 96 valence electrons. The van der Waals surface area contributed by atoms with Gasteiger partial charge in [0.25, 0.3) is 0 Å². The van der Waals surface area contributed by atoms with Gasteiger partial charge < -0.3 is 10.1 Å². The van der Waals surface area contributed by atoms with Crippen LogP contribution < -0.4 is 0 Å². The first kappa shape index (κ1) is 12.4. The van der Waals surface area contributed by atoms with Crippen LogP contribution >= 0.6 is 27.5 Å². The number of nitrogens with zero attached hydrogens (tertiary/aromatic N) is 1. The molecule has 19 heavy (non-hydrogen) atoms. The molecule has 0 radical (unpaired) electrons. The van der Waals surface area contributed by atoms with Crippen LogP contribution in [-0.2, 0) is 0 Å². The number of hydrogen-bond acceptors (Lipinski definition) is 2. The third kappa shape index (κ3) is 2.19. The number of H-pyrrole nitrogens is 1. The van der Waals surface area contributed by atoms with Crippen molar-refractivity contribution in [2.75, 3.05) is 0 Å². The van der Waals surface area contributed by atoms with E-state index in [1.807, 2.05) is 0 Å². The summed E-state index contributed by atoms with van der Waals surface area (Å²) in [6, 6.07) is 7.67. The summed E-state index contributed by atoms with van der Waals surface area (Å²) in [5.41, 5.74) is 1.68. The summed E-state index contributed by atoms with van der Waals surface area (Å²) >= 11 is 8.89. The Morgan fingerprint density at radius 3 is 2.79 bits per heavy atom. The Bertz CT molecular complexity index is 749. The normalized spacial score (nSPS) is 11.1. The Kier molecular flexibility index (Phi) is 2.95. The summed E-state index contributed by atoms with van der Waals surface area (Å²) in [7, 11) is 0. The first-order chi connectivity index (χ1) is 9.04. The summed E-state index contributed by atoms with van der Waals surface area (Å²) in [5.74, 6) is 0.107. The predicted molar refractivity (Wildman–Crippen MR) is 75.9 cm³/mol. The molecule has 0 spiro atoms. The second-order valence-electron chi connectivity index (χ2n) is 4.03. The molecule has 1 aromatic heterocycles. The quantitative estimate of drug-likeness (QED) is 0.685. The fourth-order valence-corrected chi connectivity index (χ4v) is 2.34. The molecule has 0 atom stereocenters. The fraction of sp³-hybridized carbons (Fsp3) is 0. The van der Waals surface area contributed by atoms with Crippen LogP contribution in [-0.4, -0.2) is 15.1 Å². The van der Waals surface area contributed by atoms with Gasteiger partial charge >= 0.3 is 0 Å². The summed E-state index contributed by atoms with van der Waals surface area (Å²) in [6.45, 7) is 0. The number of aromatic amines is 1. The first-order valence-electron chi connectivity index (χ1n) is 5.38. The van der Waals surface area contributed by atoms with Gasteiger partial charge in [0.1, 0.15) is 17.4 Å². The lowest BCUT2D eigenvalue weighted by Gasteiger charge is -2.00. The van der Waals surface area contributed by atoms with E-state index >= 15 is 0 Å². The molecule has 3 aromatic rings. The molecular weight excluding hydrogens is 335 g/mol. The molecule has 0 saturated carbocycles. The van der Waals surface area contributed by atoms with E-state index in [9.17, 15) is 9.50 Å². The Balaban J connectivity index is 2.20. The highest BCUT2D eigenvalue weighted by Crippen LogP contribution is 2.31. The number of halogens is 3. The zero-order valence-electron chi connectivity index (χ0n) is 9.42. The number of rotatable bonds is 1. The van der Waals surface area contributed by atoms with Crippen molar-refractivity contribution in [3.8, 4) is 17.1 Å². The van der Waals surface area contributed by atoms with Crippen LogP contribution in [0.4, 0.5) is 4.39 Å². The Labute approximate surface area is 121 Å². The third-order valence-corrected chi connectivity index (χ3v) is 3.58. The Morgan fingerprint density at radius 1 is 1.26 bits per heavy atom. The number of phenolic OH excluding ortho intramolecular Hbond substituents is 1. The van der Waals surface area contributed by atoms with Crippen LogP contribution in [0, 0.1) is 5.82 Å². The third-order valence-electron chi connectivity index (χ3n) is 2.74. The van der Waals surface area contributed by atoms with Crippen LogP contribution in [0.15, 0.2) is 34.8 Å². The maximum atomic E-state index is 13.4. The number of fused-ring (bicyclic) bond motifs is 1. The number of hydrogen-bond donors (Lipinski definition) is 2. The van der Waals surface area contributed by atoms with Gasteiger partial charge in [0.2, 0.25) is 0 Å². The minimum Gasteiger partial charge on any atom is -0.507 e. The molecule has 2 N–H and O–H groups in total. The minimum atomic E-state index is -0.372. The summed E-state index contributed by atoms with van der Waals surface area (Å²) in [5, 5.41) is 10.3. The molecule has 0 aliphatic rings. The van der Waals surface area contributed by atoms with E-state index in [4.69, 9.17) is 11.6 Å². The van der Waals surface area contributed by atoms with Crippen molar-refractivity contribution in [2.24, 2.45) is 0 Å². The number of nitrogens with one attached hydrogen (secondary N) is 1. The lowest BCUT2D eigenvalue weighted by atomic mass is 10.2. The van der Waals surface area contributed by atoms with Crippen LogP contribution in [0.1, 0.15) is 0 Å². The van der Waals surface area contributed by atoms with E-state index in [0.717, 1.165) is 0 Å². The van der Waals surface area contributed by atoms with E-state index in [1.165, 1.54) is 12.1 Å². The minimum absolute atomic E-state index is 0.0195. The molecule has 0 aliphatic heterocycles. The van der Waals surface area contributed by atoms with E-state index in [2.05, 4.69) is 25.9 Å². The topological polar surface area (TPSA) is 48.9 Å². The first-order valence-corrected chi connectivity index (χ1v) is 6.55. The van der Waals surface area contributed by atoms with E-state index < -0.39 is 0 Å². The van der Waals surface area contributed by atoms with Crippen LogP contribution in [0.3, 0.4) is 0 Å². The molecule has 0 saturated heterocycles. The molecule has 3 nitrogen and oxygen atoms in total. The van der Waals surface area contributed by atoms with Crippen LogP contribution in [0.5, 0.6) is 5.75 Å². The maximum Gasteiger partial charge on any atom is 0.142 e. The molecule has 0 aliphatic carbocycles. The summed E-state index contributed by atoms with van der Waals surface area (Å²) < 4.78 is 13.8. The molecule has 3 rings (SSSR count). The number of benzene rings is 2. The van der Waals surface area contributed by atoms with Crippen molar-refractivity contribution < 1.29 is 9.50 Å². The predicted octanol–water partition coefficient (Wildman–Crippen LogP) is 4.49. The molecule has 1 heterocycles. The molecule has 2 aromatic carbocycles. The average Bonchev–Trinajstić information content (AvgIpc) is 2.72. The Hall–Kier alpha value is -1.59. The SMILES string of the molecule is Oc1cc(Cl)ccc1-c1nc2cc(Br)c(F)cc2[nH]1. The maximum absolute atomic E-state index is 13.4. The van der Waals surface area contributed by atoms with Crippen LogP contribution in [0.25, 0.3) is 22.4 Å². The lowest BCUT2D eigenvalue weighted by Crippen LogP contribution is -1.81. The van der Waals surface area contributed by atoms with Gasteiger partial charge in [-0.3, -0.25) is 0 Å². The average molecular weight is 342 g/mol. The van der Waals surface area contributed by atoms with Gasteiger partial charge in [-0.15, -0.1) is 0 Å². The molecule has 0 fully saturated rings. The van der Waals surface area contributed by atoms with Gasteiger partial charge in [-0.1, -0.05) is 11.6 Å². The molecule has 0 bridgehead atoms. The van der Waals surface area contributed by atoms with Crippen molar-refractivity contribution in [1.29, 1.82) is 0 Å². The van der Waals surface area contributed by atoms with Crippen molar-refractivity contribution >= 4 is 38.6 Å². The highest BCUT2D eigenvalue weighted by atomic mass is 79.9. The van der Waals surface area contributed by atoms with Gasteiger partial charge in [0.15, 0.2) is 0 Å². The monoisotopic (exact) mass is 340 g/mol. The summed E-state index contributed by atoms with van der Waals surface area (Å²) in [4.78, 5) is 7.29. The highest BCUT2D eigenvalue weighted by Gasteiger charge is 2.11. The molecule has 0 amide bonds. The molecule has 0 unspecified atom stereocenters. The lowest BCUT2D eigenvalue weighted by molar-refractivity contribution is 0.477. The van der Waals surface area contributed by atoms with E-state index in [-0.39, 0.29) is 11.6 Å². The van der Waals surface area contributed by atoms with Gasteiger partial charge in [-0.25, -0.2) is 9.37 Å². The second kappa shape index (κ2) is 4.51. The zero-order valence-corrected chi connectivity index (χ0v) is 11.8. The highest BCUT2D eigenvalue weighted by molar-refractivity contribution is 9.10. The number of aromatic hydroxyl groups is 1.